The molecule has 0 aliphatic carbocycles. The molecular formula is C30H12N4O2S. The van der Waals surface area contributed by atoms with Gasteiger partial charge in [0.1, 0.15) is 5.65 Å². The number of benzene rings is 5. The van der Waals surface area contributed by atoms with Gasteiger partial charge in [0, 0.05) is 32.7 Å². The minimum atomic E-state index is -1.65. The fraction of sp³-hybridized carbons (Fsp3) is 0. The fourth-order valence-corrected chi connectivity index (χ4v) is 7.36. The van der Waals surface area contributed by atoms with E-state index in [0.717, 1.165) is 16.3 Å². The first-order valence-corrected chi connectivity index (χ1v) is 12.7. The van der Waals surface area contributed by atoms with Crippen LogP contribution in [0.25, 0.3) is 65.0 Å². The predicted molar refractivity (Wildman–Crippen MR) is 144 cm³/mol. The Hall–Kier alpha value is -5.11. The summed E-state index contributed by atoms with van der Waals surface area (Å²) >= 11 is 0. The van der Waals surface area contributed by atoms with Crippen LogP contribution in [0.1, 0.15) is 5.56 Å². The lowest BCUT2D eigenvalue weighted by Crippen LogP contribution is -2.18. The summed E-state index contributed by atoms with van der Waals surface area (Å²) in [5.74, 6) is 0. The molecule has 1 unspecified atom stereocenters. The van der Waals surface area contributed by atoms with Gasteiger partial charge in [0.15, 0.2) is 0 Å². The summed E-state index contributed by atoms with van der Waals surface area (Å²) in [6, 6.07) is 24.5. The highest BCUT2D eigenvalue weighted by Crippen LogP contribution is 2.50. The monoisotopic (exact) mass is 492 g/mol. The van der Waals surface area contributed by atoms with Gasteiger partial charge < -0.3 is 0 Å². The van der Waals surface area contributed by atoms with Crippen LogP contribution >= 0.6 is 0 Å². The predicted octanol–water partition coefficient (Wildman–Crippen LogP) is 6.31. The van der Waals surface area contributed by atoms with E-state index >= 15 is 0 Å². The third-order valence-corrected chi connectivity index (χ3v) is 8.87. The zero-order chi connectivity index (χ0) is 25.0. The third-order valence-electron chi connectivity index (χ3n) is 7.33. The minimum absolute atomic E-state index is 0.155. The van der Waals surface area contributed by atoms with E-state index in [1.807, 2.05) is 48.5 Å². The molecule has 1 atom stereocenters. The highest BCUT2D eigenvalue weighted by molar-refractivity contribution is 7.85. The summed E-state index contributed by atoms with van der Waals surface area (Å²) in [5.41, 5.74) is 3.41. The van der Waals surface area contributed by atoms with Crippen molar-refractivity contribution in [1.29, 1.82) is 5.26 Å². The lowest BCUT2D eigenvalue weighted by atomic mass is 9.89. The van der Waals surface area contributed by atoms with Gasteiger partial charge in [-0.25, -0.2) is 9.83 Å². The molecule has 0 bridgehead atoms. The smallest absolute Gasteiger partial charge is 0.263 e. The first kappa shape index (κ1) is 20.1. The Morgan fingerprint density at radius 2 is 1.76 bits per heavy atom. The maximum absolute atomic E-state index is 14.2. The molecule has 0 fully saturated rings. The lowest BCUT2D eigenvalue weighted by Gasteiger charge is -2.24. The van der Waals surface area contributed by atoms with E-state index in [1.54, 1.807) is 28.7 Å². The van der Waals surface area contributed by atoms with Crippen molar-refractivity contribution in [3.63, 3.8) is 0 Å². The second-order valence-corrected chi connectivity index (χ2v) is 10.5. The zero-order valence-corrected chi connectivity index (χ0v) is 19.8. The van der Waals surface area contributed by atoms with Crippen molar-refractivity contribution in [1.82, 2.24) is 9.38 Å². The number of aromatic nitrogens is 2. The summed E-state index contributed by atoms with van der Waals surface area (Å²) in [5, 5.41) is 14.2. The quantitative estimate of drug-likeness (QED) is 0.141. The van der Waals surface area contributed by atoms with Crippen LogP contribution in [-0.4, -0.2) is 13.6 Å². The van der Waals surface area contributed by atoms with Crippen molar-refractivity contribution in [2.45, 2.75) is 9.79 Å². The van der Waals surface area contributed by atoms with Gasteiger partial charge in [0.2, 0.25) is 5.69 Å². The molecule has 0 spiro atoms. The topological polar surface area (TPSA) is 79.6 Å². The third kappa shape index (κ3) is 2.30. The van der Waals surface area contributed by atoms with Crippen LogP contribution in [0.3, 0.4) is 0 Å². The number of hydrogen-bond donors (Lipinski definition) is 0. The molecule has 0 radical (unpaired) electrons. The Bertz CT molecular complexity index is 2370. The van der Waals surface area contributed by atoms with Gasteiger partial charge in [-0.1, -0.05) is 42.5 Å². The van der Waals surface area contributed by atoms with Crippen molar-refractivity contribution in [3.05, 3.63) is 100 Å². The second kappa shape index (κ2) is 6.76. The number of rotatable bonds is 0. The SMILES string of the molecule is [C-]#[N+]c1cc2c(=O)n3c4cccc5cccc(nc3c3cc(C#N)c6c(c1S(=O)c1ccccc1-6)c23)c54. The number of fused-ring (bicyclic) bond motifs is 5. The van der Waals surface area contributed by atoms with Gasteiger partial charge in [0.05, 0.1) is 49.8 Å². The number of nitriles is 1. The molecule has 7 aromatic rings. The molecule has 1 aliphatic rings. The van der Waals surface area contributed by atoms with Crippen molar-refractivity contribution < 1.29 is 4.21 Å². The van der Waals surface area contributed by atoms with Gasteiger partial charge in [-0.2, -0.15) is 5.26 Å². The molecule has 170 valence electrons. The summed E-state index contributed by atoms with van der Waals surface area (Å²) in [4.78, 5) is 23.7. The average Bonchev–Trinajstić information content (AvgIpc) is 2.94. The average molecular weight is 493 g/mol. The molecule has 2 aromatic heterocycles. The van der Waals surface area contributed by atoms with Gasteiger partial charge in [0.25, 0.3) is 5.56 Å². The Labute approximate surface area is 211 Å². The van der Waals surface area contributed by atoms with Gasteiger partial charge in [-0.05, 0) is 41.1 Å². The lowest BCUT2D eigenvalue weighted by molar-refractivity contribution is 0.684. The summed E-state index contributed by atoms with van der Waals surface area (Å²) < 4.78 is 15.4. The first-order valence-electron chi connectivity index (χ1n) is 11.5. The molecule has 1 aliphatic heterocycles. The van der Waals surface area contributed by atoms with Crippen LogP contribution in [-0.2, 0) is 10.8 Å². The number of nitrogens with zero attached hydrogens (tertiary/aromatic N) is 4. The Morgan fingerprint density at radius 1 is 0.946 bits per heavy atom. The van der Waals surface area contributed by atoms with E-state index < -0.39 is 10.8 Å². The Balaban J connectivity index is 1.76. The highest BCUT2D eigenvalue weighted by atomic mass is 32.2. The highest BCUT2D eigenvalue weighted by Gasteiger charge is 2.32. The zero-order valence-electron chi connectivity index (χ0n) is 18.9. The molecule has 0 saturated heterocycles. The van der Waals surface area contributed by atoms with Crippen LogP contribution in [0.2, 0.25) is 0 Å². The van der Waals surface area contributed by atoms with Crippen LogP contribution in [0.4, 0.5) is 5.69 Å². The van der Waals surface area contributed by atoms with Crippen LogP contribution in [0, 0.1) is 17.9 Å². The van der Waals surface area contributed by atoms with Crippen LogP contribution in [0.15, 0.2) is 87.4 Å². The van der Waals surface area contributed by atoms with E-state index in [-0.39, 0.29) is 11.2 Å². The van der Waals surface area contributed by atoms with Crippen molar-refractivity contribution in [3.8, 4) is 17.2 Å². The number of pyridine rings is 1. The van der Waals surface area contributed by atoms with Crippen LogP contribution in [0.5, 0.6) is 0 Å². The van der Waals surface area contributed by atoms with Gasteiger partial charge >= 0.3 is 0 Å². The molecule has 7 heteroatoms. The fourth-order valence-electron chi connectivity index (χ4n) is 5.89. The molecule has 0 N–H and O–H groups in total. The normalized spacial score (nSPS) is 14.4. The largest absolute Gasteiger partial charge is 0.268 e. The molecule has 0 saturated carbocycles. The first-order chi connectivity index (χ1) is 18.1. The van der Waals surface area contributed by atoms with Gasteiger partial charge in [-0.15, -0.1) is 0 Å². The maximum Gasteiger partial charge on any atom is 0.263 e. The van der Waals surface area contributed by atoms with Crippen molar-refractivity contribution in [2.24, 2.45) is 0 Å². The molecule has 6 nitrogen and oxygen atoms in total. The van der Waals surface area contributed by atoms with E-state index in [1.165, 1.54) is 0 Å². The molecular weight excluding hydrogens is 480 g/mol. The standard InChI is InChI=1S/C30H12N4O2S/c1-32-21-13-19-26-18(12-16(14-31)24-17-8-2-3-11-23(17)37(36)28(21)27(24)26)29-33-20-9-4-6-15-7-5-10-22(25(15)20)34(29)30(19)35/h2-13H. The van der Waals surface area contributed by atoms with E-state index in [0.29, 0.717) is 59.2 Å². The van der Waals surface area contributed by atoms with E-state index in [4.69, 9.17) is 11.6 Å². The van der Waals surface area contributed by atoms with Crippen LogP contribution < -0.4 is 5.56 Å². The molecule has 8 rings (SSSR count). The Kier molecular flexibility index (Phi) is 3.68. The summed E-state index contributed by atoms with van der Waals surface area (Å²) in [6.45, 7) is 7.89. The summed E-state index contributed by atoms with van der Waals surface area (Å²) in [7, 11) is -1.65. The van der Waals surface area contributed by atoms with E-state index in [2.05, 4.69) is 10.9 Å². The van der Waals surface area contributed by atoms with E-state index in [9.17, 15) is 14.3 Å². The maximum atomic E-state index is 14.2. The van der Waals surface area contributed by atoms with Gasteiger partial charge in [-0.3, -0.25) is 13.4 Å². The summed E-state index contributed by atoms with van der Waals surface area (Å²) in [6.07, 6.45) is 0. The minimum Gasteiger partial charge on any atom is -0.268 e. The molecule has 0 amide bonds. The molecule has 3 heterocycles. The Morgan fingerprint density at radius 3 is 2.57 bits per heavy atom. The van der Waals surface area contributed by atoms with Crippen molar-refractivity contribution >= 4 is 65.5 Å². The number of hydrogen-bond acceptors (Lipinski definition) is 4. The second-order valence-electron chi connectivity index (χ2n) is 9.09. The molecule has 5 aromatic carbocycles. The van der Waals surface area contributed by atoms with Crippen molar-refractivity contribution in [2.75, 3.05) is 0 Å². The molecule has 37 heavy (non-hydrogen) atoms.